The summed E-state index contributed by atoms with van der Waals surface area (Å²) in [5.74, 6) is 1.01. The molecule has 1 fully saturated rings. The van der Waals surface area contributed by atoms with Crippen molar-refractivity contribution in [2.45, 2.75) is 13.3 Å². The molecule has 42 valence electrons. The Balaban J connectivity index is 2.06. The minimum atomic E-state index is 1.01. The second-order valence-electron chi connectivity index (χ2n) is 2.10. The Kier molecular flexibility index (Phi) is 1.92. The van der Waals surface area contributed by atoms with Gasteiger partial charge in [0.25, 0.3) is 0 Å². The summed E-state index contributed by atoms with van der Waals surface area (Å²) >= 11 is 2.37. The van der Waals surface area contributed by atoms with Crippen molar-refractivity contribution in [3.05, 3.63) is 0 Å². The van der Waals surface area contributed by atoms with Crippen LogP contribution < -0.4 is 0 Å². The zero-order valence-corrected chi connectivity index (χ0v) is 6.68. The largest absolute Gasteiger partial charge is 0.247 e. The maximum absolute atomic E-state index is 2.37. The van der Waals surface area contributed by atoms with Crippen molar-refractivity contribution in [2.24, 2.45) is 5.92 Å². The van der Waals surface area contributed by atoms with Crippen molar-refractivity contribution in [1.82, 2.24) is 3.11 Å². The molecular weight excluding hydrogens is 201 g/mol. The maximum Gasteiger partial charge on any atom is 0.0201 e. The topological polar surface area (TPSA) is 3.24 Å². The SMILES string of the molecule is CCC1CN(I)C1. The van der Waals surface area contributed by atoms with Gasteiger partial charge in [0.1, 0.15) is 0 Å². The zero-order valence-electron chi connectivity index (χ0n) is 4.52. The van der Waals surface area contributed by atoms with Crippen LogP contribution in [0.15, 0.2) is 0 Å². The zero-order chi connectivity index (χ0) is 5.28. The smallest absolute Gasteiger partial charge is 0.0201 e. The van der Waals surface area contributed by atoms with Gasteiger partial charge < -0.3 is 0 Å². The summed E-state index contributed by atoms with van der Waals surface area (Å²) < 4.78 is 2.33. The van der Waals surface area contributed by atoms with Crippen LogP contribution in [0.3, 0.4) is 0 Å². The number of rotatable bonds is 1. The lowest BCUT2D eigenvalue weighted by molar-refractivity contribution is 0.236. The molecule has 2 heteroatoms. The summed E-state index contributed by atoms with van der Waals surface area (Å²) in [6.45, 7) is 4.89. The minimum Gasteiger partial charge on any atom is -0.247 e. The maximum atomic E-state index is 2.37. The first kappa shape index (κ1) is 5.82. The van der Waals surface area contributed by atoms with Gasteiger partial charge >= 0.3 is 0 Å². The molecule has 0 aromatic rings. The Morgan fingerprint density at radius 1 is 1.71 bits per heavy atom. The monoisotopic (exact) mass is 211 g/mol. The first-order valence-electron chi connectivity index (χ1n) is 2.73. The van der Waals surface area contributed by atoms with E-state index in [0.29, 0.717) is 0 Å². The van der Waals surface area contributed by atoms with Gasteiger partial charge in [-0.3, -0.25) is 0 Å². The molecular formula is C5H10IN. The summed E-state index contributed by atoms with van der Waals surface area (Å²) in [4.78, 5) is 0. The third-order valence-corrected chi connectivity index (χ3v) is 2.28. The highest BCUT2D eigenvalue weighted by molar-refractivity contribution is 14.1. The van der Waals surface area contributed by atoms with E-state index in [2.05, 4.69) is 32.9 Å². The van der Waals surface area contributed by atoms with Crippen molar-refractivity contribution in [3.63, 3.8) is 0 Å². The lowest BCUT2D eigenvalue weighted by Crippen LogP contribution is -2.38. The van der Waals surface area contributed by atoms with Crippen molar-refractivity contribution in [3.8, 4) is 0 Å². The van der Waals surface area contributed by atoms with Gasteiger partial charge in [-0.2, -0.15) is 0 Å². The highest BCUT2D eigenvalue weighted by atomic mass is 127. The van der Waals surface area contributed by atoms with Crippen LogP contribution in [0.1, 0.15) is 13.3 Å². The van der Waals surface area contributed by atoms with Gasteiger partial charge in [0.05, 0.1) is 0 Å². The Bertz CT molecular complexity index is 59.1. The molecule has 0 radical (unpaired) electrons. The summed E-state index contributed by atoms with van der Waals surface area (Å²) in [5.41, 5.74) is 0. The second-order valence-corrected chi connectivity index (χ2v) is 3.47. The Morgan fingerprint density at radius 3 is 2.43 bits per heavy atom. The third kappa shape index (κ3) is 1.29. The fraction of sp³-hybridized carbons (Fsp3) is 1.00. The third-order valence-electron chi connectivity index (χ3n) is 1.49. The van der Waals surface area contributed by atoms with Crippen LogP contribution in [-0.2, 0) is 0 Å². The normalized spacial score (nSPS) is 24.9. The number of halogens is 1. The fourth-order valence-corrected chi connectivity index (χ4v) is 1.88. The van der Waals surface area contributed by atoms with E-state index in [0.717, 1.165) is 5.92 Å². The van der Waals surface area contributed by atoms with Crippen LogP contribution >= 0.6 is 22.9 Å². The van der Waals surface area contributed by atoms with E-state index >= 15 is 0 Å². The van der Waals surface area contributed by atoms with Crippen molar-refractivity contribution >= 4 is 22.9 Å². The number of nitrogens with zero attached hydrogens (tertiary/aromatic N) is 1. The molecule has 7 heavy (non-hydrogen) atoms. The first-order chi connectivity index (χ1) is 3.33. The van der Waals surface area contributed by atoms with E-state index in [1.54, 1.807) is 0 Å². The Labute approximate surface area is 58.6 Å². The van der Waals surface area contributed by atoms with Gasteiger partial charge in [-0.15, -0.1) is 0 Å². The van der Waals surface area contributed by atoms with Crippen molar-refractivity contribution in [2.75, 3.05) is 13.1 Å². The van der Waals surface area contributed by atoms with Crippen LogP contribution in [0.25, 0.3) is 0 Å². The van der Waals surface area contributed by atoms with E-state index < -0.39 is 0 Å². The Morgan fingerprint density at radius 2 is 2.29 bits per heavy atom. The lowest BCUT2D eigenvalue weighted by Gasteiger charge is -2.33. The second kappa shape index (κ2) is 2.31. The average Bonchev–Trinajstić information content (AvgIpc) is 1.58. The summed E-state index contributed by atoms with van der Waals surface area (Å²) in [7, 11) is 0. The molecule has 1 aliphatic rings. The van der Waals surface area contributed by atoms with Gasteiger partial charge in [0.15, 0.2) is 0 Å². The summed E-state index contributed by atoms with van der Waals surface area (Å²) in [6.07, 6.45) is 1.36. The van der Waals surface area contributed by atoms with E-state index in [1.807, 2.05) is 0 Å². The molecule has 0 bridgehead atoms. The summed E-state index contributed by atoms with van der Waals surface area (Å²) in [5, 5.41) is 0. The Hall–Kier alpha value is 0.690. The lowest BCUT2D eigenvalue weighted by atomic mass is 10.0. The highest BCUT2D eigenvalue weighted by Gasteiger charge is 2.21. The van der Waals surface area contributed by atoms with Crippen LogP contribution in [-0.4, -0.2) is 16.2 Å². The molecule has 0 amide bonds. The number of hydrogen-bond donors (Lipinski definition) is 0. The van der Waals surface area contributed by atoms with E-state index in [-0.39, 0.29) is 0 Å². The molecule has 1 nitrogen and oxygen atoms in total. The molecule has 0 N–H and O–H groups in total. The molecule has 0 aromatic heterocycles. The van der Waals surface area contributed by atoms with Gasteiger partial charge in [0.2, 0.25) is 0 Å². The quantitative estimate of drug-likeness (QED) is 0.471. The molecule has 1 heterocycles. The molecule has 0 aliphatic carbocycles. The highest BCUT2D eigenvalue weighted by Crippen LogP contribution is 2.21. The molecule has 0 saturated carbocycles. The molecule has 0 atom stereocenters. The van der Waals surface area contributed by atoms with E-state index in [1.165, 1.54) is 19.5 Å². The molecule has 0 spiro atoms. The molecule has 1 rings (SSSR count). The van der Waals surface area contributed by atoms with E-state index in [9.17, 15) is 0 Å². The van der Waals surface area contributed by atoms with Gasteiger partial charge in [0, 0.05) is 36.0 Å². The van der Waals surface area contributed by atoms with Crippen LogP contribution in [0.5, 0.6) is 0 Å². The minimum absolute atomic E-state index is 1.01. The van der Waals surface area contributed by atoms with Crippen LogP contribution in [0.4, 0.5) is 0 Å². The van der Waals surface area contributed by atoms with Crippen LogP contribution in [0, 0.1) is 5.92 Å². The predicted molar refractivity (Wildman–Crippen MR) is 39.4 cm³/mol. The average molecular weight is 211 g/mol. The van der Waals surface area contributed by atoms with Gasteiger partial charge in [-0.25, -0.2) is 3.11 Å². The number of hydrogen-bond acceptors (Lipinski definition) is 1. The fourth-order valence-electron chi connectivity index (χ4n) is 0.765. The van der Waals surface area contributed by atoms with E-state index in [4.69, 9.17) is 0 Å². The van der Waals surface area contributed by atoms with Gasteiger partial charge in [-0.05, 0) is 5.92 Å². The van der Waals surface area contributed by atoms with Crippen LogP contribution in [0.2, 0.25) is 0 Å². The van der Waals surface area contributed by atoms with Crippen molar-refractivity contribution < 1.29 is 0 Å². The standard InChI is InChI=1S/C5H10IN/c1-2-5-3-7(6)4-5/h5H,2-4H2,1H3. The van der Waals surface area contributed by atoms with Gasteiger partial charge in [-0.1, -0.05) is 13.3 Å². The first-order valence-corrected chi connectivity index (χ1v) is 3.70. The predicted octanol–water partition coefficient (Wildman–Crippen LogP) is 1.68. The molecule has 1 aliphatic heterocycles. The molecule has 0 unspecified atom stereocenters. The molecule has 1 saturated heterocycles. The van der Waals surface area contributed by atoms with Crippen molar-refractivity contribution in [1.29, 1.82) is 0 Å². The molecule has 0 aromatic carbocycles. The summed E-state index contributed by atoms with van der Waals surface area (Å²) in [6, 6.07) is 0.